The first-order chi connectivity index (χ1) is 25.1. The molecule has 5 aromatic rings. The molecule has 3 heterocycles. The lowest BCUT2D eigenvalue weighted by Gasteiger charge is -2.14. The first-order valence-electron chi connectivity index (χ1n) is 16.3. The summed E-state index contributed by atoms with van der Waals surface area (Å²) in [6.45, 7) is 13.5. The van der Waals surface area contributed by atoms with Gasteiger partial charge in [0.25, 0.3) is 5.56 Å². The molecule has 52 heavy (non-hydrogen) atoms. The van der Waals surface area contributed by atoms with E-state index in [0.717, 1.165) is 5.69 Å². The van der Waals surface area contributed by atoms with Gasteiger partial charge >= 0.3 is 0 Å². The van der Waals surface area contributed by atoms with Gasteiger partial charge in [-0.15, -0.1) is 5.11 Å². The molecule has 6 N–H and O–H groups in total. The van der Waals surface area contributed by atoms with E-state index < -0.39 is 5.56 Å². The molecule has 18 heteroatoms. The normalized spacial score (nSPS) is 9.85. The number of rotatable bonds is 9. The van der Waals surface area contributed by atoms with Crippen LogP contribution in [-0.4, -0.2) is 53.7 Å². The largest absolute Gasteiger partial charge is 0.494 e. The number of anilines is 4. The van der Waals surface area contributed by atoms with E-state index in [2.05, 4.69) is 60.9 Å². The second kappa shape index (κ2) is 24.8. The molecule has 16 nitrogen and oxygen atoms in total. The highest BCUT2D eigenvalue weighted by atomic mass is 35.5. The fraction of sp³-hybridized carbons (Fsp3) is 0.324. The Morgan fingerprint density at radius 3 is 1.83 bits per heavy atom. The van der Waals surface area contributed by atoms with E-state index >= 15 is 0 Å². The Morgan fingerprint density at radius 2 is 1.31 bits per heavy atom. The molecule has 0 radical (unpaired) electrons. The van der Waals surface area contributed by atoms with Gasteiger partial charge in [0.2, 0.25) is 28.4 Å². The summed E-state index contributed by atoms with van der Waals surface area (Å²) in [4.78, 5) is 40.5. The predicted molar refractivity (Wildman–Crippen MR) is 208 cm³/mol. The number of halogens is 2. The maximum absolute atomic E-state index is 12.4. The fourth-order valence-electron chi connectivity index (χ4n) is 3.86. The minimum Gasteiger partial charge on any atom is -0.494 e. The molecule has 3 aromatic heterocycles. The van der Waals surface area contributed by atoms with E-state index in [-0.39, 0.29) is 28.7 Å². The summed E-state index contributed by atoms with van der Waals surface area (Å²) in [6.07, 6.45) is 0. The molecule has 0 amide bonds. The van der Waals surface area contributed by atoms with Gasteiger partial charge in [-0.1, -0.05) is 64.1 Å². The third-order valence-corrected chi connectivity index (χ3v) is 6.49. The number of azo groups is 1. The second-order valence-corrected chi connectivity index (χ2v) is 10.1. The van der Waals surface area contributed by atoms with Crippen LogP contribution in [0.2, 0.25) is 10.6 Å². The maximum atomic E-state index is 12.4. The molecular formula is C34H47Cl2N13O3. The summed E-state index contributed by atoms with van der Waals surface area (Å²) in [7, 11) is 3.45. The minimum atomic E-state index is -0.405. The lowest BCUT2D eigenvalue weighted by Crippen LogP contribution is -2.22. The molecule has 0 atom stereocenters. The van der Waals surface area contributed by atoms with Crippen LogP contribution in [0.1, 0.15) is 51.6 Å². The zero-order valence-electron chi connectivity index (χ0n) is 30.8. The first kappa shape index (κ1) is 44.7. The van der Waals surface area contributed by atoms with Crippen molar-refractivity contribution in [3.63, 3.8) is 0 Å². The number of pyridine rings is 1. The highest BCUT2D eigenvalue weighted by molar-refractivity contribution is 6.28. The van der Waals surface area contributed by atoms with Gasteiger partial charge in [-0.3, -0.25) is 14.2 Å². The fourth-order valence-corrected chi connectivity index (χ4v) is 4.22. The molecule has 5 rings (SSSR count). The van der Waals surface area contributed by atoms with Gasteiger partial charge in [0.1, 0.15) is 5.82 Å². The van der Waals surface area contributed by atoms with Gasteiger partial charge in [0.05, 0.1) is 12.3 Å². The molecule has 0 bridgehead atoms. The van der Waals surface area contributed by atoms with Gasteiger partial charge in [-0.25, -0.2) is 10.9 Å². The molecule has 0 aliphatic heterocycles. The third-order valence-electron chi connectivity index (χ3n) is 6.15. The number of aromatic nitrogens is 7. The van der Waals surface area contributed by atoms with Crippen molar-refractivity contribution < 1.29 is 9.94 Å². The van der Waals surface area contributed by atoms with Crippen molar-refractivity contribution in [2.24, 2.45) is 16.1 Å². The molecule has 0 aliphatic rings. The van der Waals surface area contributed by atoms with Crippen molar-refractivity contribution in [2.75, 3.05) is 30.0 Å². The van der Waals surface area contributed by atoms with Gasteiger partial charge in [-0.2, -0.15) is 30.0 Å². The molecule has 0 unspecified atom stereocenters. The summed E-state index contributed by atoms with van der Waals surface area (Å²) in [5, 5.41) is 27.2. The van der Waals surface area contributed by atoms with Crippen LogP contribution in [0.25, 0.3) is 0 Å². The molecular weight excluding hydrogens is 709 g/mol. The molecule has 0 fully saturated rings. The summed E-state index contributed by atoms with van der Waals surface area (Å²) >= 11 is 11.3. The maximum Gasteiger partial charge on any atom is 0.281 e. The number of aryl methyl sites for hydroxylation is 1. The number of para-hydroxylation sites is 1. The van der Waals surface area contributed by atoms with E-state index in [4.69, 9.17) is 29.1 Å². The quantitative estimate of drug-likeness (QED) is 0.0714. The molecule has 2 aromatic carbocycles. The number of benzene rings is 2. The number of hydrogen-bond acceptors (Lipinski definition) is 15. The van der Waals surface area contributed by atoms with Crippen LogP contribution in [0.15, 0.2) is 75.7 Å². The van der Waals surface area contributed by atoms with Gasteiger partial charge < -0.3 is 21.1 Å². The van der Waals surface area contributed by atoms with Crippen LogP contribution >= 0.6 is 23.2 Å². The lowest BCUT2D eigenvalue weighted by molar-refractivity contribution is 0.120. The van der Waals surface area contributed by atoms with Crippen LogP contribution in [-0.2, 0) is 18.0 Å². The summed E-state index contributed by atoms with van der Waals surface area (Å²) in [5.74, 6) is 6.89. The van der Waals surface area contributed by atoms with Crippen molar-refractivity contribution in [2.45, 2.75) is 61.6 Å². The van der Waals surface area contributed by atoms with Crippen molar-refractivity contribution >= 4 is 58.1 Å². The van der Waals surface area contributed by atoms with Gasteiger partial charge in [0, 0.05) is 31.9 Å². The Labute approximate surface area is 314 Å². The Bertz CT molecular complexity index is 1840. The number of nitrogens with two attached hydrogens (primary N) is 1. The van der Waals surface area contributed by atoms with Crippen molar-refractivity contribution in [3.8, 4) is 5.88 Å². The average Bonchev–Trinajstić information content (AvgIpc) is 3.16. The standard InChI is InChI=1S/C15H18N4O3.C10H10ClN5.C5H7ClN4.2C2H6/c1-3-19-14(20)12(9-22-16)10(2)13(15(19)21)18-17-11-7-5-4-6-8-11;1-12-9-14-8(11)15-10(16-9)13-7-5-3-2-4-6-7;1-3-8-4(6)10-5(7-2)9-3;2*1-2/h4-8,20H,3,9,16H2,1-2H3;2-6H,1H3,(H2,12,13,14,15,16);1-2H3,(H,7,8,9,10);2*1-2H3. The Kier molecular flexibility index (Phi) is 21.3. The Balaban J connectivity index is 0.000000394. The minimum absolute atomic E-state index is 0.0220. The van der Waals surface area contributed by atoms with E-state index in [1.165, 1.54) is 4.57 Å². The van der Waals surface area contributed by atoms with E-state index in [9.17, 15) is 9.90 Å². The van der Waals surface area contributed by atoms with Crippen molar-refractivity contribution in [3.05, 3.63) is 98.5 Å². The van der Waals surface area contributed by atoms with Gasteiger partial charge in [-0.05, 0) is 73.8 Å². The molecule has 0 aliphatic carbocycles. The van der Waals surface area contributed by atoms with Crippen molar-refractivity contribution in [1.82, 2.24) is 34.5 Å². The molecule has 280 valence electrons. The second-order valence-electron chi connectivity index (χ2n) is 9.39. The van der Waals surface area contributed by atoms with Crippen LogP contribution in [0.4, 0.5) is 34.9 Å². The number of hydrogen-bond donors (Lipinski definition) is 5. The van der Waals surface area contributed by atoms with Crippen LogP contribution in [0.5, 0.6) is 5.88 Å². The summed E-state index contributed by atoms with van der Waals surface area (Å²) in [6, 6.07) is 18.7. The van der Waals surface area contributed by atoms with Crippen molar-refractivity contribution in [1.29, 1.82) is 0 Å². The summed E-state index contributed by atoms with van der Waals surface area (Å²) in [5.41, 5.74) is 2.21. The molecule has 0 spiro atoms. The molecule has 0 saturated carbocycles. The van der Waals surface area contributed by atoms with Crippen LogP contribution < -0.4 is 27.4 Å². The topological polar surface area (TPSA) is 216 Å². The number of aromatic hydroxyl groups is 1. The highest BCUT2D eigenvalue weighted by Crippen LogP contribution is 2.28. The van der Waals surface area contributed by atoms with Crippen LogP contribution in [0, 0.1) is 13.8 Å². The number of nitrogens with one attached hydrogen (secondary N) is 3. The Hall–Kier alpha value is -5.29. The first-order valence-corrected chi connectivity index (χ1v) is 17.1. The summed E-state index contributed by atoms with van der Waals surface area (Å²) < 4.78 is 1.21. The zero-order chi connectivity index (χ0) is 39.1. The number of nitrogens with zero attached hydrogens (tertiary/aromatic N) is 9. The SMILES string of the molecule is CC.CC.CCn1c(O)c(CON)c(C)c(N=Nc2ccccc2)c1=O.CNc1nc(C)nc(Cl)n1.CNc1nc(Cl)nc(Nc2ccccc2)n1. The predicted octanol–water partition coefficient (Wildman–Crippen LogP) is 7.93. The lowest BCUT2D eigenvalue weighted by atomic mass is 10.1. The zero-order valence-corrected chi connectivity index (χ0v) is 32.3. The van der Waals surface area contributed by atoms with E-state index in [1.807, 2.05) is 76.2 Å². The third kappa shape index (κ3) is 14.5. The van der Waals surface area contributed by atoms with E-state index in [1.54, 1.807) is 47.0 Å². The Morgan fingerprint density at radius 1 is 0.788 bits per heavy atom. The molecule has 0 saturated heterocycles. The average molecular weight is 757 g/mol. The van der Waals surface area contributed by atoms with Gasteiger partial charge in [0.15, 0.2) is 11.6 Å². The highest BCUT2D eigenvalue weighted by Gasteiger charge is 2.18. The van der Waals surface area contributed by atoms with E-state index in [0.29, 0.717) is 47.0 Å². The monoisotopic (exact) mass is 755 g/mol. The van der Waals surface area contributed by atoms with Crippen LogP contribution in [0.3, 0.4) is 0 Å². The smallest absolute Gasteiger partial charge is 0.281 e.